The third-order valence-electron chi connectivity index (χ3n) is 2.76. The average Bonchev–Trinajstić information content (AvgIpc) is 2.92. The maximum atomic E-state index is 13.7. The highest BCUT2D eigenvalue weighted by molar-refractivity contribution is 7.89. The van der Waals surface area contributed by atoms with Crippen molar-refractivity contribution in [2.75, 3.05) is 0 Å². The summed E-state index contributed by atoms with van der Waals surface area (Å²) in [5, 5.41) is 12.3. The third-order valence-corrected chi connectivity index (χ3v) is 4.29. The molecule has 0 aliphatic carbocycles. The van der Waals surface area contributed by atoms with E-state index in [1.54, 1.807) is 0 Å². The fraction of sp³-hybridized carbons (Fsp3) is 0.167. The molecule has 0 saturated heterocycles. The molecule has 1 aromatic carbocycles. The minimum atomic E-state index is -4.09. The molecule has 2 rings (SSSR count). The predicted octanol–water partition coefficient (Wildman–Crippen LogP) is 1.30. The number of sulfonamides is 1. The van der Waals surface area contributed by atoms with Crippen molar-refractivity contribution in [2.24, 2.45) is 0 Å². The van der Waals surface area contributed by atoms with Crippen molar-refractivity contribution >= 4 is 16.0 Å². The minimum absolute atomic E-state index is 0.162. The van der Waals surface area contributed by atoms with Crippen LogP contribution in [0.3, 0.4) is 0 Å². The number of aromatic nitrogens is 1. The molecule has 7 nitrogen and oxygen atoms in total. The number of nitrogens with zero attached hydrogens (tertiary/aromatic N) is 1. The summed E-state index contributed by atoms with van der Waals surface area (Å²) >= 11 is 0. The van der Waals surface area contributed by atoms with Crippen LogP contribution in [0.5, 0.6) is 0 Å². The van der Waals surface area contributed by atoms with E-state index in [0.717, 1.165) is 12.1 Å². The molecule has 0 atom stereocenters. The summed E-state index contributed by atoms with van der Waals surface area (Å²) in [5.74, 6) is -2.05. The molecule has 0 radical (unpaired) electrons. The van der Waals surface area contributed by atoms with Crippen molar-refractivity contribution in [2.45, 2.75) is 18.4 Å². The Labute approximate surface area is 119 Å². The van der Waals surface area contributed by atoms with Gasteiger partial charge in [0, 0.05) is 11.6 Å². The molecule has 0 unspecified atom stereocenters. The molecule has 0 amide bonds. The van der Waals surface area contributed by atoms with Gasteiger partial charge in [0.05, 0.1) is 23.2 Å². The number of carbonyl (C=O) groups is 1. The van der Waals surface area contributed by atoms with Crippen molar-refractivity contribution in [3.8, 4) is 0 Å². The van der Waals surface area contributed by atoms with Crippen LogP contribution < -0.4 is 4.72 Å². The maximum absolute atomic E-state index is 13.7. The Hall–Kier alpha value is -2.26. The van der Waals surface area contributed by atoms with E-state index in [-0.39, 0.29) is 17.9 Å². The molecule has 1 aromatic heterocycles. The van der Waals surface area contributed by atoms with Gasteiger partial charge in [-0.15, -0.1) is 0 Å². The van der Waals surface area contributed by atoms with Gasteiger partial charge in [0.25, 0.3) is 0 Å². The largest absolute Gasteiger partial charge is 0.478 e. The first-order valence-corrected chi connectivity index (χ1v) is 7.22. The highest BCUT2D eigenvalue weighted by atomic mass is 32.2. The monoisotopic (exact) mass is 314 g/mol. The summed E-state index contributed by atoms with van der Waals surface area (Å²) in [6, 6.07) is 3.14. The van der Waals surface area contributed by atoms with E-state index >= 15 is 0 Å². The number of hydrogen-bond donors (Lipinski definition) is 2. The van der Waals surface area contributed by atoms with E-state index in [2.05, 4.69) is 9.88 Å². The number of carboxylic acids is 1. The SMILES string of the molecule is Cc1c(F)cc(C(=O)O)cc1S(=O)(=O)NCc1ccno1. The fourth-order valence-electron chi connectivity index (χ4n) is 1.63. The number of nitrogens with one attached hydrogen (secondary N) is 1. The minimum Gasteiger partial charge on any atom is -0.478 e. The average molecular weight is 314 g/mol. The lowest BCUT2D eigenvalue weighted by molar-refractivity contribution is 0.0696. The van der Waals surface area contributed by atoms with Gasteiger partial charge in [-0.3, -0.25) is 0 Å². The highest BCUT2D eigenvalue weighted by Crippen LogP contribution is 2.21. The van der Waals surface area contributed by atoms with Gasteiger partial charge >= 0.3 is 5.97 Å². The normalized spacial score (nSPS) is 11.5. The van der Waals surface area contributed by atoms with Crippen LogP contribution in [0.25, 0.3) is 0 Å². The Morgan fingerprint density at radius 1 is 1.48 bits per heavy atom. The number of hydrogen-bond acceptors (Lipinski definition) is 5. The summed E-state index contributed by atoms with van der Waals surface area (Å²) in [6.07, 6.45) is 1.35. The zero-order valence-corrected chi connectivity index (χ0v) is 11.6. The van der Waals surface area contributed by atoms with Crippen LogP contribution in [0, 0.1) is 12.7 Å². The number of benzene rings is 1. The summed E-state index contributed by atoms with van der Waals surface area (Å²) in [5.41, 5.74) is -0.608. The Morgan fingerprint density at radius 3 is 2.76 bits per heavy atom. The summed E-state index contributed by atoms with van der Waals surface area (Å²) < 4.78 is 44.9. The molecule has 2 aromatic rings. The Balaban J connectivity index is 2.37. The van der Waals surface area contributed by atoms with E-state index in [1.807, 2.05) is 0 Å². The van der Waals surface area contributed by atoms with Gasteiger partial charge in [-0.2, -0.15) is 0 Å². The fourth-order valence-corrected chi connectivity index (χ4v) is 2.90. The van der Waals surface area contributed by atoms with Crippen LogP contribution in [-0.2, 0) is 16.6 Å². The molecule has 0 aliphatic heterocycles. The molecule has 112 valence electrons. The van der Waals surface area contributed by atoms with Gasteiger partial charge in [-0.25, -0.2) is 22.3 Å². The molecule has 9 heteroatoms. The molecule has 0 spiro atoms. The van der Waals surface area contributed by atoms with E-state index in [4.69, 9.17) is 9.63 Å². The van der Waals surface area contributed by atoms with E-state index < -0.39 is 32.3 Å². The lowest BCUT2D eigenvalue weighted by atomic mass is 10.1. The van der Waals surface area contributed by atoms with Crippen LogP contribution in [0.4, 0.5) is 4.39 Å². The number of halogens is 1. The van der Waals surface area contributed by atoms with E-state index in [1.165, 1.54) is 19.2 Å². The number of aromatic carboxylic acids is 1. The highest BCUT2D eigenvalue weighted by Gasteiger charge is 2.22. The van der Waals surface area contributed by atoms with Gasteiger partial charge < -0.3 is 9.63 Å². The zero-order chi connectivity index (χ0) is 15.6. The van der Waals surface area contributed by atoms with Crippen molar-refractivity contribution in [3.05, 3.63) is 47.1 Å². The van der Waals surface area contributed by atoms with Gasteiger partial charge in [0.2, 0.25) is 10.0 Å². The van der Waals surface area contributed by atoms with Crippen molar-refractivity contribution in [1.82, 2.24) is 9.88 Å². The van der Waals surface area contributed by atoms with Crippen LogP contribution in [-0.4, -0.2) is 24.7 Å². The number of rotatable bonds is 5. The van der Waals surface area contributed by atoms with Crippen LogP contribution in [0.2, 0.25) is 0 Å². The van der Waals surface area contributed by atoms with Crippen LogP contribution in [0.1, 0.15) is 21.7 Å². The van der Waals surface area contributed by atoms with Crippen molar-refractivity contribution in [1.29, 1.82) is 0 Å². The third kappa shape index (κ3) is 3.26. The summed E-state index contributed by atoms with van der Waals surface area (Å²) in [7, 11) is -4.09. The van der Waals surface area contributed by atoms with E-state index in [9.17, 15) is 17.6 Å². The maximum Gasteiger partial charge on any atom is 0.335 e. The van der Waals surface area contributed by atoms with Crippen molar-refractivity contribution in [3.63, 3.8) is 0 Å². The quantitative estimate of drug-likeness (QED) is 0.861. The molecule has 0 saturated carbocycles. The second-order valence-electron chi connectivity index (χ2n) is 4.19. The smallest absolute Gasteiger partial charge is 0.335 e. The first kappa shape index (κ1) is 15.1. The molecule has 1 heterocycles. The second-order valence-corrected chi connectivity index (χ2v) is 5.93. The van der Waals surface area contributed by atoms with Gasteiger partial charge in [0.15, 0.2) is 5.76 Å². The Bertz CT molecular complexity index is 771. The van der Waals surface area contributed by atoms with Gasteiger partial charge in [-0.05, 0) is 19.1 Å². The van der Waals surface area contributed by atoms with E-state index in [0.29, 0.717) is 0 Å². The Morgan fingerprint density at radius 2 is 2.19 bits per heavy atom. The molecule has 0 aliphatic rings. The van der Waals surface area contributed by atoms with Crippen LogP contribution >= 0.6 is 0 Å². The lowest BCUT2D eigenvalue weighted by Crippen LogP contribution is -2.24. The van der Waals surface area contributed by atoms with Crippen LogP contribution in [0.15, 0.2) is 33.8 Å². The van der Waals surface area contributed by atoms with Gasteiger partial charge in [-0.1, -0.05) is 5.16 Å². The first-order valence-electron chi connectivity index (χ1n) is 5.74. The second kappa shape index (κ2) is 5.62. The summed E-state index contributed by atoms with van der Waals surface area (Å²) in [4.78, 5) is 10.5. The molecule has 21 heavy (non-hydrogen) atoms. The molecule has 0 fully saturated rings. The summed E-state index contributed by atoms with van der Waals surface area (Å²) in [6.45, 7) is 1.07. The first-order chi connectivity index (χ1) is 9.81. The van der Waals surface area contributed by atoms with Crippen molar-refractivity contribution < 1.29 is 27.2 Å². The molecule has 0 bridgehead atoms. The number of carboxylic acid groups (broad SMARTS) is 1. The lowest BCUT2D eigenvalue weighted by Gasteiger charge is -2.10. The zero-order valence-electron chi connectivity index (χ0n) is 10.8. The molecular weight excluding hydrogens is 303 g/mol. The van der Waals surface area contributed by atoms with Gasteiger partial charge in [0.1, 0.15) is 5.82 Å². The molecule has 2 N–H and O–H groups in total. The molecular formula is C12H11FN2O5S. The predicted molar refractivity (Wildman–Crippen MR) is 68.6 cm³/mol. The standard InChI is InChI=1S/C12H11FN2O5S/c1-7-10(13)4-8(12(16)17)5-11(7)21(18,19)15-6-9-2-3-14-20-9/h2-5,15H,6H2,1H3,(H,16,17). The Kier molecular flexibility index (Phi) is 4.05. The topological polar surface area (TPSA) is 110 Å².